The minimum absolute atomic E-state index is 0.0449. The summed E-state index contributed by atoms with van der Waals surface area (Å²) in [6.07, 6.45) is 1.44. The number of anilines is 3. The van der Waals surface area contributed by atoms with Crippen LogP contribution in [0, 0.1) is 5.92 Å². The van der Waals surface area contributed by atoms with Crippen molar-refractivity contribution < 1.29 is 19.1 Å². The first-order valence-electron chi connectivity index (χ1n) is 12.1. The first-order valence-corrected chi connectivity index (χ1v) is 12.1. The molecular weight excluding hydrogens is 446 g/mol. The number of hydrogen-bond donors (Lipinski definition) is 2. The Labute approximate surface area is 206 Å². The van der Waals surface area contributed by atoms with E-state index in [1.165, 1.54) is 4.90 Å². The first kappa shape index (κ1) is 24.5. The van der Waals surface area contributed by atoms with Crippen LogP contribution < -0.4 is 15.5 Å². The van der Waals surface area contributed by atoms with Gasteiger partial charge in [0.05, 0.1) is 25.7 Å². The summed E-state index contributed by atoms with van der Waals surface area (Å²) in [5, 5.41) is 5.74. The number of nitrogens with one attached hydrogen (secondary N) is 2. The van der Waals surface area contributed by atoms with E-state index in [9.17, 15) is 14.4 Å². The van der Waals surface area contributed by atoms with Gasteiger partial charge in [0.1, 0.15) is 0 Å². The molecule has 0 spiro atoms. The summed E-state index contributed by atoms with van der Waals surface area (Å²) in [5.74, 6) is -0.703. The number of rotatable bonds is 6. The van der Waals surface area contributed by atoms with Crippen molar-refractivity contribution in [1.29, 1.82) is 0 Å². The van der Waals surface area contributed by atoms with Gasteiger partial charge in [-0.05, 0) is 49.2 Å². The third-order valence-electron chi connectivity index (χ3n) is 6.37. The molecule has 9 heteroatoms. The summed E-state index contributed by atoms with van der Waals surface area (Å²) in [7, 11) is 1.63. The van der Waals surface area contributed by atoms with Crippen LogP contribution in [0.3, 0.4) is 0 Å². The maximum absolute atomic E-state index is 13.0. The van der Waals surface area contributed by atoms with Crippen molar-refractivity contribution >= 4 is 34.9 Å². The molecule has 2 aromatic rings. The highest BCUT2D eigenvalue weighted by Gasteiger charge is 2.30. The number of urea groups is 1. The molecule has 0 unspecified atom stereocenters. The molecule has 2 aliphatic rings. The fourth-order valence-electron chi connectivity index (χ4n) is 4.47. The first-order chi connectivity index (χ1) is 17.0. The number of likely N-dealkylation sites (N-methyl/N-ethyl adjacent to an activating group) is 1. The number of carbonyl (C=O) groups is 3. The third kappa shape index (κ3) is 6.73. The number of para-hydroxylation sites is 1. The van der Waals surface area contributed by atoms with Gasteiger partial charge in [0.25, 0.3) is 0 Å². The maximum atomic E-state index is 13.0. The Kier molecular flexibility index (Phi) is 8.20. The van der Waals surface area contributed by atoms with E-state index in [2.05, 4.69) is 15.5 Å². The van der Waals surface area contributed by atoms with Crippen molar-refractivity contribution in [1.82, 2.24) is 9.80 Å². The van der Waals surface area contributed by atoms with Gasteiger partial charge in [-0.25, -0.2) is 4.79 Å². The number of ether oxygens (including phenoxy) is 1. The van der Waals surface area contributed by atoms with Gasteiger partial charge in [0.15, 0.2) is 0 Å². The zero-order chi connectivity index (χ0) is 24.6. The van der Waals surface area contributed by atoms with Crippen molar-refractivity contribution in [2.45, 2.75) is 12.8 Å². The molecule has 0 aromatic heterocycles. The second-order valence-electron chi connectivity index (χ2n) is 8.97. The number of benzene rings is 2. The molecule has 2 N–H and O–H groups in total. The normalized spacial score (nSPS) is 18.0. The van der Waals surface area contributed by atoms with E-state index in [4.69, 9.17) is 4.74 Å². The van der Waals surface area contributed by atoms with Crippen LogP contribution in [0.15, 0.2) is 54.6 Å². The molecule has 2 aliphatic heterocycles. The Balaban J connectivity index is 1.25. The van der Waals surface area contributed by atoms with E-state index < -0.39 is 0 Å². The fourth-order valence-corrected chi connectivity index (χ4v) is 4.47. The Bertz CT molecular complexity index is 1010. The van der Waals surface area contributed by atoms with Gasteiger partial charge in [-0.15, -0.1) is 0 Å². The maximum Gasteiger partial charge on any atom is 0.321 e. The summed E-state index contributed by atoms with van der Waals surface area (Å²) < 4.78 is 5.39. The standard InChI is InChI=1S/C26H33N5O4/c1-29(19-24(32)27-22-9-11-23(12-10-22)30-14-16-35-17-15-30)25(33)20-6-5-13-31(18-20)26(34)28-21-7-3-2-4-8-21/h2-4,7-12,20H,5-6,13-19H2,1H3,(H,27,32)(H,28,34)/t20-/m0/s1. The molecule has 1 atom stereocenters. The van der Waals surface area contributed by atoms with Crippen LogP contribution in [0.1, 0.15) is 12.8 Å². The van der Waals surface area contributed by atoms with Crippen molar-refractivity contribution in [2.75, 3.05) is 68.5 Å². The molecule has 0 aliphatic carbocycles. The van der Waals surface area contributed by atoms with Crippen LogP contribution in [0.5, 0.6) is 0 Å². The molecule has 4 amide bonds. The molecule has 0 bridgehead atoms. The molecule has 4 rings (SSSR count). The van der Waals surface area contributed by atoms with Gasteiger partial charge < -0.3 is 30.1 Å². The second kappa shape index (κ2) is 11.7. The summed E-state index contributed by atoms with van der Waals surface area (Å²) >= 11 is 0. The van der Waals surface area contributed by atoms with Gasteiger partial charge in [0.2, 0.25) is 11.8 Å². The van der Waals surface area contributed by atoms with Crippen LogP contribution in [0.25, 0.3) is 0 Å². The lowest BCUT2D eigenvalue weighted by atomic mass is 9.97. The minimum atomic E-state index is -0.323. The fraction of sp³-hybridized carbons (Fsp3) is 0.423. The number of morpholine rings is 1. The van der Waals surface area contributed by atoms with E-state index in [-0.39, 0.29) is 30.3 Å². The van der Waals surface area contributed by atoms with Crippen LogP contribution in [-0.2, 0) is 14.3 Å². The van der Waals surface area contributed by atoms with Gasteiger partial charge in [-0.2, -0.15) is 0 Å². The van der Waals surface area contributed by atoms with E-state index in [1.807, 2.05) is 54.6 Å². The predicted molar refractivity (Wildman–Crippen MR) is 135 cm³/mol. The number of hydrogen-bond acceptors (Lipinski definition) is 5. The van der Waals surface area contributed by atoms with Gasteiger partial charge >= 0.3 is 6.03 Å². The van der Waals surface area contributed by atoms with Crippen LogP contribution >= 0.6 is 0 Å². The van der Waals surface area contributed by atoms with Gasteiger partial charge in [-0.3, -0.25) is 9.59 Å². The highest BCUT2D eigenvalue weighted by atomic mass is 16.5. The number of amides is 4. The highest BCUT2D eigenvalue weighted by Crippen LogP contribution is 2.21. The van der Waals surface area contributed by atoms with E-state index >= 15 is 0 Å². The smallest absolute Gasteiger partial charge is 0.321 e. The number of nitrogens with zero attached hydrogens (tertiary/aromatic N) is 3. The number of likely N-dealkylation sites (tertiary alicyclic amines) is 1. The Morgan fingerprint density at radius 2 is 1.63 bits per heavy atom. The largest absolute Gasteiger partial charge is 0.378 e. The molecule has 2 saturated heterocycles. The topological polar surface area (TPSA) is 94.2 Å². The summed E-state index contributed by atoms with van der Waals surface area (Å²) in [6, 6.07) is 16.7. The molecule has 9 nitrogen and oxygen atoms in total. The van der Waals surface area contributed by atoms with Crippen LogP contribution in [-0.4, -0.2) is 80.6 Å². The monoisotopic (exact) mass is 479 g/mol. The molecule has 0 radical (unpaired) electrons. The van der Waals surface area contributed by atoms with Crippen molar-refractivity contribution in [2.24, 2.45) is 5.92 Å². The quantitative estimate of drug-likeness (QED) is 0.665. The van der Waals surface area contributed by atoms with E-state index in [0.717, 1.165) is 44.1 Å². The molecule has 186 valence electrons. The summed E-state index contributed by atoms with van der Waals surface area (Å²) in [5.41, 5.74) is 2.50. The lowest BCUT2D eigenvalue weighted by Gasteiger charge is -2.33. The Morgan fingerprint density at radius 3 is 2.34 bits per heavy atom. The zero-order valence-corrected chi connectivity index (χ0v) is 20.1. The van der Waals surface area contributed by atoms with Gasteiger partial charge in [0, 0.05) is 50.3 Å². The van der Waals surface area contributed by atoms with E-state index in [0.29, 0.717) is 25.2 Å². The van der Waals surface area contributed by atoms with E-state index in [1.54, 1.807) is 11.9 Å². The molecular formula is C26H33N5O4. The Hall–Kier alpha value is -3.59. The second-order valence-corrected chi connectivity index (χ2v) is 8.97. The Morgan fingerprint density at radius 1 is 0.943 bits per heavy atom. The van der Waals surface area contributed by atoms with Gasteiger partial charge in [-0.1, -0.05) is 18.2 Å². The number of piperidine rings is 1. The lowest BCUT2D eigenvalue weighted by Crippen LogP contribution is -2.48. The third-order valence-corrected chi connectivity index (χ3v) is 6.37. The van der Waals surface area contributed by atoms with Crippen LogP contribution in [0.4, 0.5) is 21.9 Å². The molecule has 35 heavy (non-hydrogen) atoms. The van der Waals surface area contributed by atoms with Crippen molar-refractivity contribution in [3.8, 4) is 0 Å². The van der Waals surface area contributed by atoms with Crippen molar-refractivity contribution in [3.63, 3.8) is 0 Å². The average Bonchev–Trinajstić information content (AvgIpc) is 2.89. The molecule has 0 saturated carbocycles. The lowest BCUT2D eigenvalue weighted by molar-refractivity contribution is -0.138. The predicted octanol–water partition coefficient (Wildman–Crippen LogP) is 2.86. The minimum Gasteiger partial charge on any atom is -0.378 e. The SMILES string of the molecule is CN(CC(=O)Nc1ccc(N2CCOCC2)cc1)C(=O)[C@H]1CCCN(C(=O)Nc2ccccc2)C1. The molecule has 2 aromatic carbocycles. The van der Waals surface area contributed by atoms with Crippen molar-refractivity contribution in [3.05, 3.63) is 54.6 Å². The van der Waals surface area contributed by atoms with Crippen LogP contribution in [0.2, 0.25) is 0 Å². The highest BCUT2D eigenvalue weighted by molar-refractivity contribution is 5.95. The zero-order valence-electron chi connectivity index (χ0n) is 20.1. The summed E-state index contributed by atoms with van der Waals surface area (Å²) in [6.45, 7) is 4.04. The number of carbonyl (C=O) groups excluding carboxylic acids is 3. The molecule has 2 fully saturated rings. The average molecular weight is 480 g/mol. The molecule has 2 heterocycles. The summed E-state index contributed by atoms with van der Waals surface area (Å²) in [4.78, 5) is 43.6.